The molecule has 4 nitrogen and oxygen atoms in total. The van der Waals surface area contributed by atoms with Crippen molar-refractivity contribution in [1.82, 2.24) is 4.90 Å². The van der Waals surface area contributed by atoms with Crippen LogP contribution in [0.25, 0.3) is 6.08 Å². The van der Waals surface area contributed by atoms with E-state index in [4.69, 9.17) is 4.74 Å². The van der Waals surface area contributed by atoms with Crippen LogP contribution in [-0.4, -0.2) is 43.2 Å². The molecule has 2 aromatic carbocycles. The Morgan fingerprint density at radius 1 is 0.973 bits per heavy atom. The number of alkyl halides is 6. The largest absolute Gasteiger partial charge is 0.418 e. The Morgan fingerprint density at radius 3 is 2.30 bits per heavy atom. The van der Waals surface area contributed by atoms with Crippen LogP contribution in [0.5, 0.6) is 0 Å². The summed E-state index contributed by atoms with van der Waals surface area (Å²) in [5.74, 6) is -0.588. The van der Waals surface area contributed by atoms with Crippen LogP contribution < -0.4 is 5.32 Å². The van der Waals surface area contributed by atoms with Crippen molar-refractivity contribution >= 4 is 29.4 Å². The molecule has 0 unspecified atom stereocenters. The van der Waals surface area contributed by atoms with Gasteiger partial charge in [0.2, 0.25) is 5.91 Å². The summed E-state index contributed by atoms with van der Waals surface area (Å²) in [6.45, 7) is 1.09. The number of nitrogens with one attached hydrogen (secondary N) is 1. The van der Waals surface area contributed by atoms with Crippen molar-refractivity contribution in [3.05, 3.63) is 59.2 Å². The highest BCUT2D eigenvalue weighted by atomic mass is 32.2. The van der Waals surface area contributed by atoms with Crippen LogP contribution >= 0.6 is 11.8 Å². The van der Waals surface area contributed by atoms with Gasteiger partial charge in [0.1, 0.15) is 0 Å². The number of carbonyl (C=O) groups is 1. The maximum absolute atomic E-state index is 14.1. The molecule has 1 amide bonds. The third-order valence-corrected chi connectivity index (χ3v) is 7.33. The highest BCUT2D eigenvalue weighted by molar-refractivity contribution is 7.99. The summed E-state index contributed by atoms with van der Waals surface area (Å²) in [6.07, 6.45) is -4.71. The van der Waals surface area contributed by atoms with Crippen LogP contribution in [0.3, 0.4) is 0 Å². The first-order valence-corrected chi connectivity index (χ1v) is 12.7. The van der Waals surface area contributed by atoms with Gasteiger partial charge in [-0.3, -0.25) is 4.79 Å². The number of benzene rings is 2. The number of amides is 1. The van der Waals surface area contributed by atoms with E-state index < -0.39 is 39.8 Å². The van der Waals surface area contributed by atoms with Crippen LogP contribution in [0.4, 0.5) is 32.0 Å². The molecule has 37 heavy (non-hydrogen) atoms. The fourth-order valence-corrected chi connectivity index (χ4v) is 5.59. The molecule has 2 aliphatic rings. The van der Waals surface area contributed by atoms with Gasteiger partial charge in [0.25, 0.3) is 0 Å². The quantitative estimate of drug-likeness (QED) is 0.311. The fraction of sp³-hybridized carbons (Fsp3) is 0.423. The van der Waals surface area contributed by atoms with Crippen molar-refractivity contribution in [2.75, 3.05) is 31.6 Å². The van der Waals surface area contributed by atoms with Crippen molar-refractivity contribution in [2.45, 2.75) is 53.9 Å². The number of halogens is 6. The Kier molecular flexibility index (Phi) is 8.42. The Bertz CT molecular complexity index is 1140. The van der Waals surface area contributed by atoms with Gasteiger partial charge in [0, 0.05) is 40.7 Å². The van der Waals surface area contributed by atoms with Gasteiger partial charge in [-0.1, -0.05) is 36.7 Å². The molecule has 0 radical (unpaired) electrons. The molecule has 0 atom stereocenters. The van der Waals surface area contributed by atoms with Gasteiger partial charge >= 0.3 is 12.4 Å². The first-order chi connectivity index (χ1) is 17.5. The summed E-state index contributed by atoms with van der Waals surface area (Å²) in [6, 6.07) is 8.93. The van der Waals surface area contributed by atoms with E-state index in [1.807, 2.05) is 0 Å². The zero-order valence-electron chi connectivity index (χ0n) is 19.8. The molecule has 1 heterocycles. The molecule has 11 heteroatoms. The molecule has 1 saturated heterocycles. The van der Waals surface area contributed by atoms with Gasteiger partial charge < -0.3 is 15.0 Å². The first-order valence-electron chi connectivity index (χ1n) is 11.9. The Balaban J connectivity index is 1.67. The zero-order valence-corrected chi connectivity index (χ0v) is 20.6. The predicted molar refractivity (Wildman–Crippen MR) is 129 cm³/mol. The smallest absolute Gasteiger partial charge is 0.382 e. The molecule has 1 aliphatic heterocycles. The van der Waals surface area contributed by atoms with Crippen LogP contribution in [-0.2, 0) is 21.9 Å². The average molecular weight is 545 g/mol. The minimum Gasteiger partial charge on any atom is -0.382 e. The second kappa shape index (κ2) is 11.4. The predicted octanol–water partition coefficient (Wildman–Crippen LogP) is 7.10. The second-order valence-corrected chi connectivity index (χ2v) is 10.0. The second-order valence-electron chi connectivity index (χ2n) is 8.93. The van der Waals surface area contributed by atoms with E-state index in [0.29, 0.717) is 22.3 Å². The number of anilines is 1. The number of hydrogen-bond donors (Lipinski definition) is 1. The van der Waals surface area contributed by atoms with E-state index in [1.54, 1.807) is 24.3 Å². The van der Waals surface area contributed by atoms with E-state index in [0.717, 1.165) is 50.0 Å². The normalized spacial score (nSPS) is 17.5. The topological polar surface area (TPSA) is 41.6 Å². The number of nitrogens with zero attached hydrogens (tertiary/aromatic N) is 1. The Morgan fingerprint density at radius 2 is 1.65 bits per heavy atom. The summed E-state index contributed by atoms with van der Waals surface area (Å²) >= 11 is 0.626. The molecule has 4 rings (SSSR count). The number of rotatable bonds is 6. The van der Waals surface area contributed by atoms with E-state index in [1.165, 1.54) is 4.90 Å². The molecular formula is C26H26F6N2O2S. The maximum Gasteiger partial charge on any atom is 0.418 e. The minimum atomic E-state index is -5.30. The molecule has 1 aliphatic carbocycles. The molecule has 0 bridgehead atoms. The first kappa shape index (κ1) is 27.4. The van der Waals surface area contributed by atoms with E-state index >= 15 is 0 Å². The maximum atomic E-state index is 14.1. The molecule has 0 aromatic heterocycles. The SMILES string of the molecule is O=C(C=Cc1ccc(Sc2cccc(NC3CCCC3)c2)c(C(F)(F)F)c1C(F)(F)F)N1CCOCC1. The lowest BCUT2D eigenvalue weighted by Crippen LogP contribution is -2.39. The van der Waals surface area contributed by atoms with Crippen LogP contribution in [0, 0.1) is 0 Å². The summed E-state index contributed by atoms with van der Waals surface area (Å²) < 4.78 is 89.7. The van der Waals surface area contributed by atoms with Gasteiger partial charge in [-0.2, -0.15) is 26.3 Å². The van der Waals surface area contributed by atoms with Crippen molar-refractivity contribution in [2.24, 2.45) is 0 Å². The van der Waals surface area contributed by atoms with E-state index in [-0.39, 0.29) is 32.3 Å². The molecular weight excluding hydrogens is 518 g/mol. The molecule has 1 saturated carbocycles. The number of hydrogen-bond acceptors (Lipinski definition) is 4. The molecule has 0 spiro atoms. The van der Waals surface area contributed by atoms with E-state index in [2.05, 4.69) is 5.32 Å². The number of ether oxygens (including phenoxy) is 1. The fourth-order valence-electron chi connectivity index (χ4n) is 4.54. The lowest BCUT2D eigenvalue weighted by Gasteiger charge is -2.25. The van der Waals surface area contributed by atoms with Crippen molar-refractivity contribution < 1.29 is 35.9 Å². The van der Waals surface area contributed by atoms with Crippen molar-refractivity contribution in [1.29, 1.82) is 0 Å². The summed E-state index contributed by atoms with van der Waals surface area (Å²) in [5.41, 5.74) is -3.58. The summed E-state index contributed by atoms with van der Waals surface area (Å²) in [7, 11) is 0. The highest BCUT2D eigenvalue weighted by Crippen LogP contribution is 2.48. The van der Waals surface area contributed by atoms with E-state index in [9.17, 15) is 31.1 Å². The Labute approximate surface area is 215 Å². The van der Waals surface area contributed by atoms with Gasteiger partial charge in [0.15, 0.2) is 0 Å². The van der Waals surface area contributed by atoms with Gasteiger partial charge in [-0.05, 0) is 48.7 Å². The number of carbonyl (C=O) groups excluding carboxylic acids is 1. The van der Waals surface area contributed by atoms with Crippen LogP contribution in [0.1, 0.15) is 42.4 Å². The van der Waals surface area contributed by atoms with Gasteiger partial charge in [0.05, 0.1) is 24.3 Å². The summed E-state index contributed by atoms with van der Waals surface area (Å²) in [4.78, 5) is 13.5. The highest BCUT2D eigenvalue weighted by Gasteiger charge is 2.46. The number of morpholine rings is 1. The van der Waals surface area contributed by atoms with Crippen molar-refractivity contribution in [3.63, 3.8) is 0 Å². The monoisotopic (exact) mass is 544 g/mol. The van der Waals surface area contributed by atoms with Crippen molar-refractivity contribution in [3.8, 4) is 0 Å². The molecule has 200 valence electrons. The van der Waals surface area contributed by atoms with Crippen LogP contribution in [0.15, 0.2) is 52.3 Å². The standard InChI is InChI=1S/C26H26F6N2O2S/c27-25(28,29)23-17(9-11-22(35)34-12-14-36-15-13-34)8-10-21(24(23)26(30,31)32)37-20-7-3-6-19(16-20)33-18-4-1-2-5-18/h3,6-11,16,18,33H,1-2,4-5,12-15H2. The molecule has 2 fully saturated rings. The molecule has 2 aromatic rings. The van der Waals surface area contributed by atoms with Gasteiger partial charge in [-0.15, -0.1) is 0 Å². The third kappa shape index (κ3) is 7.01. The van der Waals surface area contributed by atoms with Gasteiger partial charge in [-0.25, -0.2) is 0 Å². The lowest BCUT2D eigenvalue weighted by atomic mass is 9.99. The zero-order chi connectivity index (χ0) is 26.6. The minimum absolute atomic E-state index is 0.257. The summed E-state index contributed by atoms with van der Waals surface area (Å²) in [5, 5.41) is 3.34. The third-order valence-electron chi connectivity index (χ3n) is 6.28. The molecule has 1 N–H and O–H groups in total. The lowest BCUT2D eigenvalue weighted by molar-refractivity contribution is -0.163. The average Bonchev–Trinajstić information content (AvgIpc) is 3.35. The Hall–Kier alpha value is -2.66. The van der Waals surface area contributed by atoms with Crippen LogP contribution in [0.2, 0.25) is 0 Å².